The summed E-state index contributed by atoms with van der Waals surface area (Å²) in [5.74, 6) is 0. The molecular formula is C12H22BrNO2. The summed E-state index contributed by atoms with van der Waals surface area (Å²) in [5, 5.41) is 0.948. The molecule has 2 aliphatic rings. The van der Waals surface area contributed by atoms with Gasteiger partial charge in [0.15, 0.2) is 0 Å². The van der Waals surface area contributed by atoms with Gasteiger partial charge in [0.25, 0.3) is 0 Å². The van der Waals surface area contributed by atoms with Crippen LogP contribution >= 0.6 is 15.9 Å². The van der Waals surface area contributed by atoms with Gasteiger partial charge in [0.05, 0.1) is 18.8 Å². The molecule has 0 radical (unpaired) electrons. The number of morpholine rings is 1. The number of nitrogens with zero attached hydrogens (tertiary/aromatic N) is 1. The van der Waals surface area contributed by atoms with Gasteiger partial charge in [-0.3, -0.25) is 4.90 Å². The second-order valence-electron chi connectivity index (χ2n) is 4.82. The lowest BCUT2D eigenvalue weighted by Gasteiger charge is -2.41. The van der Waals surface area contributed by atoms with Crippen molar-refractivity contribution in [3.63, 3.8) is 0 Å². The molecule has 3 nitrogen and oxygen atoms in total. The van der Waals surface area contributed by atoms with Gasteiger partial charge in [-0.25, -0.2) is 0 Å². The Kier molecular flexibility index (Phi) is 5.07. The predicted molar refractivity (Wildman–Crippen MR) is 68.2 cm³/mol. The summed E-state index contributed by atoms with van der Waals surface area (Å²) in [4.78, 5) is 2.60. The molecule has 0 N–H and O–H groups in total. The number of alkyl halides is 1. The molecule has 1 aliphatic heterocycles. The first-order valence-corrected chi connectivity index (χ1v) is 7.40. The summed E-state index contributed by atoms with van der Waals surface area (Å²) in [5.41, 5.74) is 0. The smallest absolute Gasteiger partial charge is 0.0799 e. The van der Waals surface area contributed by atoms with E-state index in [1.54, 1.807) is 0 Å². The van der Waals surface area contributed by atoms with E-state index in [1.165, 1.54) is 25.7 Å². The van der Waals surface area contributed by atoms with E-state index in [9.17, 15) is 0 Å². The first kappa shape index (κ1) is 12.8. The van der Waals surface area contributed by atoms with Gasteiger partial charge in [0, 0.05) is 31.6 Å². The maximum atomic E-state index is 5.68. The molecule has 4 heteroatoms. The number of halogens is 1. The fraction of sp³-hybridized carbons (Fsp3) is 1.00. The third-order valence-corrected chi connectivity index (χ3v) is 4.51. The Bertz CT molecular complexity index is 193. The molecule has 0 amide bonds. The minimum atomic E-state index is 0.372. The van der Waals surface area contributed by atoms with Crippen molar-refractivity contribution < 1.29 is 9.47 Å². The lowest BCUT2D eigenvalue weighted by Crippen LogP contribution is -2.50. The summed E-state index contributed by atoms with van der Waals surface area (Å²) < 4.78 is 11.2. The standard InChI is InChI=1S/C12H22BrNO2/c1-15-11-4-2-3-10(7-11)14-5-6-16-12(8-13)9-14/h10-12H,2-9H2,1H3. The molecule has 3 unspecified atom stereocenters. The Morgan fingerprint density at radius 2 is 2.31 bits per heavy atom. The molecular weight excluding hydrogens is 270 g/mol. The van der Waals surface area contributed by atoms with Crippen molar-refractivity contribution in [2.75, 3.05) is 32.1 Å². The minimum absolute atomic E-state index is 0.372. The summed E-state index contributed by atoms with van der Waals surface area (Å²) in [7, 11) is 1.84. The van der Waals surface area contributed by atoms with Crippen molar-refractivity contribution >= 4 is 15.9 Å². The second kappa shape index (κ2) is 6.34. The molecule has 94 valence electrons. The summed E-state index contributed by atoms with van der Waals surface area (Å²) >= 11 is 3.51. The molecule has 1 saturated heterocycles. The SMILES string of the molecule is COC1CCCC(N2CCOC(CBr)C2)C1. The van der Waals surface area contributed by atoms with Crippen molar-refractivity contribution in [2.45, 2.75) is 43.9 Å². The summed E-state index contributed by atoms with van der Waals surface area (Å²) in [6.07, 6.45) is 5.92. The normalized spacial score (nSPS) is 37.5. The van der Waals surface area contributed by atoms with E-state index in [0.29, 0.717) is 18.2 Å². The first-order chi connectivity index (χ1) is 7.83. The fourth-order valence-electron chi connectivity index (χ4n) is 2.83. The third-order valence-electron chi connectivity index (χ3n) is 3.79. The molecule has 3 atom stereocenters. The van der Waals surface area contributed by atoms with Crippen LogP contribution in [0.5, 0.6) is 0 Å². The van der Waals surface area contributed by atoms with E-state index in [1.807, 2.05) is 7.11 Å². The fourth-order valence-corrected chi connectivity index (χ4v) is 3.22. The Hall–Kier alpha value is 0.360. The number of hydrogen-bond donors (Lipinski definition) is 0. The zero-order chi connectivity index (χ0) is 11.4. The summed E-state index contributed by atoms with van der Waals surface area (Å²) in [6, 6.07) is 0.712. The van der Waals surface area contributed by atoms with Crippen molar-refractivity contribution in [1.82, 2.24) is 4.90 Å². The molecule has 0 aromatic rings. The molecule has 1 saturated carbocycles. The van der Waals surface area contributed by atoms with Gasteiger partial charge < -0.3 is 9.47 Å². The van der Waals surface area contributed by atoms with Gasteiger partial charge >= 0.3 is 0 Å². The van der Waals surface area contributed by atoms with E-state index in [-0.39, 0.29) is 0 Å². The molecule has 2 fully saturated rings. The van der Waals surface area contributed by atoms with Crippen molar-refractivity contribution in [2.24, 2.45) is 0 Å². The molecule has 16 heavy (non-hydrogen) atoms. The third kappa shape index (κ3) is 3.19. The topological polar surface area (TPSA) is 21.7 Å². The van der Waals surface area contributed by atoms with Crippen LogP contribution in [0.3, 0.4) is 0 Å². The highest BCUT2D eigenvalue weighted by Gasteiger charge is 2.30. The molecule has 0 spiro atoms. The Labute approximate surface area is 107 Å². The average Bonchev–Trinajstić information content (AvgIpc) is 2.39. The van der Waals surface area contributed by atoms with E-state index in [4.69, 9.17) is 9.47 Å². The zero-order valence-electron chi connectivity index (χ0n) is 10.0. The Morgan fingerprint density at radius 3 is 3.06 bits per heavy atom. The Morgan fingerprint density at radius 1 is 1.44 bits per heavy atom. The Balaban J connectivity index is 1.85. The van der Waals surface area contributed by atoms with Crippen LogP contribution in [0, 0.1) is 0 Å². The van der Waals surface area contributed by atoms with Crippen LogP contribution in [-0.4, -0.2) is 55.3 Å². The molecule has 0 aromatic carbocycles. The number of methoxy groups -OCH3 is 1. The van der Waals surface area contributed by atoms with Crippen molar-refractivity contribution in [3.8, 4) is 0 Å². The van der Waals surface area contributed by atoms with E-state index in [0.717, 1.165) is 25.0 Å². The highest BCUT2D eigenvalue weighted by molar-refractivity contribution is 9.09. The summed E-state index contributed by atoms with van der Waals surface area (Å²) in [6.45, 7) is 3.04. The van der Waals surface area contributed by atoms with E-state index >= 15 is 0 Å². The monoisotopic (exact) mass is 291 g/mol. The predicted octanol–water partition coefficient (Wildman–Crippen LogP) is 2.04. The lowest BCUT2D eigenvalue weighted by atomic mass is 9.91. The van der Waals surface area contributed by atoms with Crippen LogP contribution in [0.25, 0.3) is 0 Å². The highest BCUT2D eigenvalue weighted by Crippen LogP contribution is 2.26. The molecule has 1 heterocycles. The minimum Gasteiger partial charge on any atom is -0.381 e. The van der Waals surface area contributed by atoms with Crippen LogP contribution < -0.4 is 0 Å². The van der Waals surface area contributed by atoms with Gasteiger partial charge in [-0.15, -0.1) is 0 Å². The highest BCUT2D eigenvalue weighted by atomic mass is 79.9. The van der Waals surface area contributed by atoms with Crippen molar-refractivity contribution in [1.29, 1.82) is 0 Å². The molecule has 0 bridgehead atoms. The largest absolute Gasteiger partial charge is 0.381 e. The average molecular weight is 292 g/mol. The maximum absolute atomic E-state index is 5.68. The first-order valence-electron chi connectivity index (χ1n) is 6.28. The van der Waals surface area contributed by atoms with Gasteiger partial charge in [0.1, 0.15) is 0 Å². The molecule has 0 aromatic heterocycles. The van der Waals surface area contributed by atoms with Gasteiger partial charge in [-0.2, -0.15) is 0 Å². The van der Waals surface area contributed by atoms with Gasteiger partial charge in [-0.1, -0.05) is 15.9 Å². The van der Waals surface area contributed by atoms with Crippen molar-refractivity contribution in [3.05, 3.63) is 0 Å². The van der Waals surface area contributed by atoms with Crippen LogP contribution in [0.2, 0.25) is 0 Å². The number of rotatable bonds is 3. The lowest BCUT2D eigenvalue weighted by molar-refractivity contribution is -0.0510. The van der Waals surface area contributed by atoms with Crippen LogP contribution in [0.15, 0.2) is 0 Å². The van der Waals surface area contributed by atoms with Crippen LogP contribution in [0.4, 0.5) is 0 Å². The zero-order valence-corrected chi connectivity index (χ0v) is 11.6. The molecule has 2 rings (SSSR count). The van der Waals surface area contributed by atoms with Crippen LogP contribution in [-0.2, 0) is 9.47 Å². The van der Waals surface area contributed by atoms with E-state index in [2.05, 4.69) is 20.8 Å². The second-order valence-corrected chi connectivity index (χ2v) is 5.47. The van der Waals surface area contributed by atoms with Crippen LogP contribution in [0.1, 0.15) is 25.7 Å². The maximum Gasteiger partial charge on any atom is 0.0799 e. The van der Waals surface area contributed by atoms with E-state index < -0.39 is 0 Å². The number of ether oxygens (including phenoxy) is 2. The van der Waals surface area contributed by atoms with Gasteiger partial charge in [0.2, 0.25) is 0 Å². The number of hydrogen-bond acceptors (Lipinski definition) is 3. The quantitative estimate of drug-likeness (QED) is 0.743. The molecule has 1 aliphatic carbocycles. The van der Waals surface area contributed by atoms with Gasteiger partial charge in [-0.05, 0) is 25.7 Å².